The molecule has 0 fully saturated rings. The van der Waals surface area contributed by atoms with Gasteiger partial charge in [-0.15, -0.1) is 0 Å². The summed E-state index contributed by atoms with van der Waals surface area (Å²) >= 11 is 0. The molecule has 164 valence electrons. The third-order valence-electron chi connectivity index (χ3n) is 4.92. The van der Waals surface area contributed by atoms with Gasteiger partial charge in [0.2, 0.25) is 10.0 Å². The lowest BCUT2D eigenvalue weighted by Gasteiger charge is -2.18. The fourth-order valence-electron chi connectivity index (χ4n) is 3.24. The Kier molecular flexibility index (Phi) is 7.59. The van der Waals surface area contributed by atoms with E-state index in [2.05, 4.69) is 10.3 Å². The lowest BCUT2D eigenvalue weighted by Crippen LogP contribution is -2.30. The molecule has 0 radical (unpaired) electrons. The maximum Gasteiger partial charge on any atom is 0.251 e. The van der Waals surface area contributed by atoms with Gasteiger partial charge in [0.05, 0.1) is 11.5 Å². The molecular weight excluding hydrogens is 414 g/mol. The number of nitrogens with one attached hydrogen (secondary N) is 1. The SMILES string of the molecule is CCN(CC)S(=O)(=O)c1ccc(C(=O)NCCCOc2cccc3cccnc23)cc1. The van der Waals surface area contributed by atoms with Gasteiger partial charge in [-0.05, 0) is 42.8 Å². The Hall–Kier alpha value is -2.97. The van der Waals surface area contributed by atoms with Crippen molar-refractivity contribution in [1.29, 1.82) is 0 Å². The van der Waals surface area contributed by atoms with Crippen LogP contribution in [0.15, 0.2) is 65.7 Å². The highest BCUT2D eigenvalue weighted by Crippen LogP contribution is 2.23. The zero-order chi connectivity index (χ0) is 22.3. The predicted octanol–water partition coefficient (Wildman–Crippen LogP) is 3.46. The number of hydrogen-bond donors (Lipinski definition) is 1. The Balaban J connectivity index is 1.50. The molecule has 0 aliphatic carbocycles. The van der Waals surface area contributed by atoms with Crippen molar-refractivity contribution in [2.45, 2.75) is 25.2 Å². The second kappa shape index (κ2) is 10.4. The molecule has 0 saturated carbocycles. The average Bonchev–Trinajstić information content (AvgIpc) is 2.79. The molecule has 1 amide bonds. The average molecular weight is 442 g/mol. The fraction of sp³-hybridized carbons (Fsp3) is 0.304. The highest BCUT2D eigenvalue weighted by molar-refractivity contribution is 7.89. The van der Waals surface area contributed by atoms with Crippen molar-refractivity contribution in [3.05, 3.63) is 66.4 Å². The number of carbonyl (C=O) groups excluding carboxylic acids is 1. The normalized spacial score (nSPS) is 11.6. The van der Waals surface area contributed by atoms with Crippen LogP contribution >= 0.6 is 0 Å². The summed E-state index contributed by atoms with van der Waals surface area (Å²) < 4.78 is 32.3. The molecule has 3 rings (SSSR count). The minimum Gasteiger partial charge on any atom is -0.491 e. The number of rotatable bonds is 10. The van der Waals surface area contributed by atoms with E-state index in [9.17, 15) is 13.2 Å². The number of para-hydroxylation sites is 1. The fourth-order valence-corrected chi connectivity index (χ4v) is 4.70. The van der Waals surface area contributed by atoms with Crippen molar-refractivity contribution >= 4 is 26.8 Å². The van der Waals surface area contributed by atoms with Gasteiger partial charge in [0, 0.05) is 36.8 Å². The van der Waals surface area contributed by atoms with Crippen LogP contribution in [0.2, 0.25) is 0 Å². The van der Waals surface area contributed by atoms with E-state index in [0.717, 1.165) is 16.7 Å². The van der Waals surface area contributed by atoms with E-state index in [-0.39, 0.29) is 10.8 Å². The van der Waals surface area contributed by atoms with Gasteiger partial charge in [-0.25, -0.2) is 8.42 Å². The largest absolute Gasteiger partial charge is 0.491 e. The van der Waals surface area contributed by atoms with Crippen molar-refractivity contribution in [2.75, 3.05) is 26.2 Å². The summed E-state index contributed by atoms with van der Waals surface area (Å²) in [5.74, 6) is 0.466. The third-order valence-corrected chi connectivity index (χ3v) is 6.98. The number of pyridine rings is 1. The molecule has 2 aromatic carbocycles. The monoisotopic (exact) mass is 441 g/mol. The molecule has 1 heterocycles. The van der Waals surface area contributed by atoms with E-state index >= 15 is 0 Å². The molecule has 0 atom stereocenters. The van der Waals surface area contributed by atoms with Crippen molar-refractivity contribution in [3.63, 3.8) is 0 Å². The second-order valence-electron chi connectivity index (χ2n) is 6.90. The first-order valence-corrected chi connectivity index (χ1v) is 11.8. The Bertz CT molecular complexity index is 1120. The minimum atomic E-state index is -3.53. The molecule has 8 heteroatoms. The molecule has 0 aliphatic heterocycles. The standard InChI is InChI=1S/C23H27N3O4S/c1-3-26(4-2)31(28,29)20-13-11-19(12-14-20)23(27)25-16-7-17-30-21-10-5-8-18-9-6-15-24-22(18)21/h5-6,8-15H,3-4,7,16-17H2,1-2H3,(H,25,27). The van der Waals surface area contributed by atoms with Crippen molar-refractivity contribution in [3.8, 4) is 5.75 Å². The Morgan fingerprint density at radius 3 is 2.45 bits per heavy atom. The number of sulfonamides is 1. The number of aromatic nitrogens is 1. The van der Waals surface area contributed by atoms with Gasteiger partial charge < -0.3 is 10.1 Å². The Morgan fingerprint density at radius 1 is 1.03 bits per heavy atom. The quantitative estimate of drug-likeness (QED) is 0.487. The summed E-state index contributed by atoms with van der Waals surface area (Å²) in [6.07, 6.45) is 2.36. The van der Waals surface area contributed by atoms with Gasteiger partial charge in [0.15, 0.2) is 0 Å². The highest BCUT2D eigenvalue weighted by atomic mass is 32.2. The Labute approximate surface area is 183 Å². The minimum absolute atomic E-state index is 0.185. The van der Waals surface area contributed by atoms with Crippen LogP contribution in [0.3, 0.4) is 0 Å². The van der Waals surface area contributed by atoms with Gasteiger partial charge in [0.25, 0.3) is 5.91 Å². The summed E-state index contributed by atoms with van der Waals surface area (Å²) in [7, 11) is -3.53. The van der Waals surface area contributed by atoms with Crippen LogP contribution in [0.4, 0.5) is 0 Å². The molecule has 3 aromatic rings. The van der Waals surface area contributed by atoms with Gasteiger partial charge in [0.1, 0.15) is 11.3 Å². The van der Waals surface area contributed by atoms with Crippen LogP contribution in [0.25, 0.3) is 10.9 Å². The smallest absolute Gasteiger partial charge is 0.251 e. The molecular formula is C23H27N3O4S. The number of ether oxygens (including phenoxy) is 1. The van der Waals surface area contributed by atoms with Gasteiger partial charge in [-0.3, -0.25) is 9.78 Å². The maximum absolute atomic E-state index is 12.5. The number of nitrogens with zero attached hydrogens (tertiary/aromatic N) is 2. The molecule has 7 nitrogen and oxygen atoms in total. The van der Waals surface area contributed by atoms with E-state index in [1.807, 2.05) is 30.3 Å². The molecule has 1 N–H and O–H groups in total. The number of fused-ring (bicyclic) bond motifs is 1. The van der Waals surface area contributed by atoms with E-state index < -0.39 is 10.0 Å². The van der Waals surface area contributed by atoms with Crippen LogP contribution in [0, 0.1) is 0 Å². The lowest BCUT2D eigenvalue weighted by molar-refractivity contribution is 0.0951. The van der Waals surface area contributed by atoms with Crippen LogP contribution in [-0.2, 0) is 10.0 Å². The molecule has 0 spiro atoms. The lowest BCUT2D eigenvalue weighted by atomic mass is 10.2. The maximum atomic E-state index is 12.5. The van der Waals surface area contributed by atoms with Crippen LogP contribution < -0.4 is 10.1 Å². The topological polar surface area (TPSA) is 88.6 Å². The van der Waals surface area contributed by atoms with E-state index in [4.69, 9.17) is 4.74 Å². The van der Waals surface area contributed by atoms with Crippen molar-refractivity contribution in [1.82, 2.24) is 14.6 Å². The first-order chi connectivity index (χ1) is 15.0. The number of carbonyl (C=O) groups is 1. The van der Waals surface area contributed by atoms with Crippen molar-refractivity contribution in [2.24, 2.45) is 0 Å². The molecule has 0 bridgehead atoms. The van der Waals surface area contributed by atoms with Crippen LogP contribution in [-0.4, -0.2) is 49.9 Å². The summed E-state index contributed by atoms with van der Waals surface area (Å²) in [5.41, 5.74) is 1.23. The van der Waals surface area contributed by atoms with Gasteiger partial charge in [-0.2, -0.15) is 4.31 Å². The number of hydrogen-bond acceptors (Lipinski definition) is 5. The van der Waals surface area contributed by atoms with Gasteiger partial charge in [-0.1, -0.05) is 32.0 Å². The second-order valence-corrected chi connectivity index (χ2v) is 8.84. The molecule has 1 aromatic heterocycles. The summed E-state index contributed by atoms with van der Waals surface area (Å²) in [6, 6.07) is 15.6. The first kappa shape index (κ1) is 22.7. The third kappa shape index (κ3) is 5.39. The number of amides is 1. The summed E-state index contributed by atoms with van der Waals surface area (Å²) in [5, 5.41) is 3.84. The van der Waals surface area contributed by atoms with E-state index in [0.29, 0.717) is 38.2 Å². The molecule has 0 aliphatic rings. The molecule has 0 saturated heterocycles. The van der Waals surface area contributed by atoms with Crippen LogP contribution in [0.5, 0.6) is 5.75 Å². The van der Waals surface area contributed by atoms with Crippen molar-refractivity contribution < 1.29 is 17.9 Å². The number of benzene rings is 2. The summed E-state index contributed by atoms with van der Waals surface area (Å²) in [6.45, 7) is 5.27. The predicted molar refractivity (Wildman–Crippen MR) is 121 cm³/mol. The highest BCUT2D eigenvalue weighted by Gasteiger charge is 2.21. The Morgan fingerprint density at radius 2 is 1.74 bits per heavy atom. The zero-order valence-corrected chi connectivity index (χ0v) is 18.6. The first-order valence-electron chi connectivity index (χ1n) is 10.3. The molecule has 0 unspecified atom stereocenters. The zero-order valence-electron chi connectivity index (χ0n) is 17.7. The van der Waals surface area contributed by atoms with E-state index in [1.54, 1.807) is 20.0 Å². The molecule has 31 heavy (non-hydrogen) atoms. The van der Waals surface area contributed by atoms with E-state index in [1.165, 1.54) is 28.6 Å². The van der Waals surface area contributed by atoms with Gasteiger partial charge >= 0.3 is 0 Å². The van der Waals surface area contributed by atoms with Crippen LogP contribution in [0.1, 0.15) is 30.6 Å². The summed E-state index contributed by atoms with van der Waals surface area (Å²) in [4.78, 5) is 16.9.